The Labute approximate surface area is 132 Å². The smallest absolute Gasteiger partial charge is 0.267 e. The molecule has 0 radical (unpaired) electrons. The monoisotopic (exact) mass is 319 g/mol. The quantitative estimate of drug-likeness (QED) is 0.908. The maximum atomic E-state index is 13.3. The molecule has 2 rings (SSSR count). The van der Waals surface area contributed by atoms with E-state index >= 15 is 0 Å². The number of methoxy groups -OCH3 is 1. The fourth-order valence-corrected chi connectivity index (χ4v) is 2.09. The molecule has 0 spiro atoms. The van der Waals surface area contributed by atoms with Crippen molar-refractivity contribution in [1.29, 1.82) is 0 Å². The van der Waals surface area contributed by atoms with E-state index in [1.807, 2.05) is 13.8 Å². The van der Waals surface area contributed by atoms with Crippen LogP contribution in [0.15, 0.2) is 35.1 Å². The van der Waals surface area contributed by atoms with E-state index in [1.165, 1.54) is 37.4 Å². The van der Waals surface area contributed by atoms with E-state index in [9.17, 15) is 14.0 Å². The van der Waals surface area contributed by atoms with E-state index in [4.69, 9.17) is 4.74 Å². The second kappa shape index (κ2) is 7.04. The van der Waals surface area contributed by atoms with Gasteiger partial charge < -0.3 is 10.1 Å². The molecule has 0 aliphatic carbocycles. The largest absolute Gasteiger partial charge is 0.496 e. The van der Waals surface area contributed by atoms with Gasteiger partial charge in [0.2, 0.25) is 5.91 Å². The van der Waals surface area contributed by atoms with E-state index in [0.717, 1.165) is 4.68 Å². The number of carbonyl (C=O) groups is 1. The maximum absolute atomic E-state index is 13.3. The molecule has 0 saturated carbocycles. The maximum Gasteiger partial charge on any atom is 0.267 e. The summed E-state index contributed by atoms with van der Waals surface area (Å²) < 4.78 is 19.5. The lowest BCUT2D eigenvalue weighted by molar-refractivity contribution is -0.122. The standard InChI is InChI=1S/C16H18FN3O3/c1-10(2)18-15(21)9-20-16(22)7-6-13(19-20)12-5-4-11(17)8-14(12)23-3/h4-8,10H,9H2,1-3H3,(H,18,21). The third kappa shape index (κ3) is 4.15. The lowest BCUT2D eigenvalue weighted by atomic mass is 10.1. The molecule has 1 N–H and O–H groups in total. The van der Waals surface area contributed by atoms with Crippen molar-refractivity contribution in [3.63, 3.8) is 0 Å². The van der Waals surface area contributed by atoms with E-state index in [2.05, 4.69) is 10.4 Å². The summed E-state index contributed by atoms with van der Waals surface area (Å²) in [5, 5.41) is 6.86. The van der Waals surface area contributed by atoms with E-state index in [0.29, 0.717) is 17.0 Å². The number of hydrogen-bond donors (Lipinski definition) is 1. The molecule has 1 amide bonds. The van der Waals surface area contributed by atoms with Gasteiger partial charge in [-0.3, -0.25) is 9.59 Å². The van der Waals surface area contributed by atoms with Crippen LogP contribution in [0.5, 0.6) is 5.75 Å². The summed E-state index contributed by atoms with van der Waals surface area (Å²) in [5.74, 6) is -0.442. The van der Waals surface area contributed by atoms with Crippen LogP contribution in [0, 0.1) is 5.82 Å². The number of aromatic nitrogens is 2. The zero-order valence-electron chi connectivity index (χ0n) is 13.2. The molecule has 2 aromatic rings. The fraction of sp³-hybridized carbons (Fsp3) is 0.312. The lowest BCUT2D eigenvalue weighted by Gasteiger charge is -2.11. The summed E-state index contributed by atoms with van der Waals surface area (Å²) in [6, 6.07) is 6.82. The van der Waals surface area contributed by atoms with Crippen molar-refractivity contribution in [1.82, 2.24) is 15.1 Å². The van der Waals surface area contributed by atoms with Gasteiger partial charge in [0, 0.05) is 23.7 Å². The van der Waals surface area contributed by atoms with Crippen molar-refractivity contribution < 1.29 is 13.9 Å². The van der Waals surface area contributed by atoms with Crippen LogP contribution in [0.3, 0.4) is 0 Å². The molecule has 0 unspecified atom stereocenters. The Balaban J connectivity index is 2.37. The summed E-state index contributed by atoms with van der Waals surface area (Å²) in [7, 11) is 1.42. The average Bonchev–Trinajstić information content (AvgIpc) is 2.48. The Morgan fingerprint density at radius 1 is 1.35 bits per heavy atom. The van der Waals surface area contributed by atoms with Crippen molar-refractivity contribution in [2.45, 2.75) is 26.4 Å². The Kier molecular flexibility index (Phi) is 5.10. The third-order valence-corrected chi connectivity index (χ3v) is 3.05. The number of carbonyl (C=O) groups excluding carboxylic acids is 1. The molecule has 7 heteroatoms. The third-order valence-electron chi connectivity index (χ3n) is 3.05. The molecule has 0 fully saturated rings. The molecule has 0 atom stereocenters. The molecular weight excluding hydrogens is 301 g/mol. The second-order valence-electron chi connectivity index (χ2n) is 5.28. The van der Waals surface area contributed by atoms with Crippen molar-refractivity contribution >= 4 is 5.91 Å². The van der Waals surface area contributed by atoms with Gasteiger partial charge in [0.1, 0.15) is 18.1 Å². The van der Waals surface area contributed by atoms with Gasteiger partial charge in [-0.05, 0) is 32.0 Å². The first-order valence-electron chi connectivity index (χ1n) is 7.12. The minimum absolute atomic E-state index is 0.0291. The number of hydrogen-bond acceptors (Lipinski definition) is 4. The Hall–Kier alpha value is -2.70. The molecule has 0 saturated heterocycles. The highest BCUT2D eigenvalue weighted by Crippen LogP contribution is 2.28. The molecule has 1 heterocycles. The van der Waals surface area contributed by atoms with Crippen LogP contribution in [0.25, 0.3) is 11.3 Å². The van der Waals surface area contributed by atoms with Crippen molar-refractivity contribution in [2.24, 2.45) is 0 Å². The molecule has 122 valence electrons. The lowest BCUT2D eigenvalue weighted by Crippen LogP contribution is -2.36. The minimum Gasteiger partial charge on any atom is -0.496 e. The molecule has 0 aliphatic rings. The Morgan fingerprint density at radius 2 is 2.09 bits per heavy atom. The van der Waals surface area contributed by atoms with Gasteiger partial charge in [0.05, 0.1) is 12.8 Å². The normalized spacial score (nSPS) is 10.7. The van der Waals surface area contributed by atoms with Crippen LogP contribution < -0.4 is 15.6 Å². The topological polar surface area (TPSA) is 73.2 Å². The minimum atomic E-state index is -0.435. The van der Waals surface area contributed by atoms with Crippen LogP contribution in [0.2, 0.25) is 0 Å². The Morgan fingerprint density at radius 3 is 2.74 bits per heavy atom. The zero-order valence-corrected chi connectivity index (χ0v) is 13.2. The van der Waals surface area contributed by atoms with Crippen LogP contribution in [-0.4, -0.2) is 28.8 Å². The number of rotatable bonds is 5. The second-order valence-corrected chi connectivity index (χ2v) is 5.28. The molecule has 1 aromatic carbocycles. The van der Waals surface area contributed by atoms with Gasteiger partial charge in [-0.2, -0.15) is 5.10 Å². The zero-order chi connectivity index (χ0) is 17.0. The predicted octanol–water partition coefficient (Wildman–Crippen LogP) is 1.58. The predicted molar refractivity (Wildman–Crippen MR) is 83.7 cm³/mol. The van der Waals surface area contributed by atoms with E-state index in [1.54, 1.807) is 0 Å². The summed E-state index contributed by atoms with van der Waals surface area (Å²) in [6.07, 6.45) is 0. The van der Waals surface area contributed by atoms with Crippen LogP contribution >= 0.6 is 0 Å². The number of benzene rings is 1. The average molecular weight is 319 g/mol. The molecule has 23 heavy (non-hydrogen) atoms. The summed E-state index contributed by atoms with van der Waals surface area (Å²) >= 11 is 0. The van der Waals surface area contributed by atoms with E-state index in [-0.39, 0.29) is 18.5 Å². The molecule has 6 nitrogen and oxygen atoms in total. The number of halogens is 1. The fourth-order valence-electron chi connectivity index (χ4n) is 2.09. The van der Waals surface area contributed by atoms with Crippen molar-refractivity contribution in [3.05, 3.63) is 46.5 Å². The highest BCUT2D eigenvalue weighted by atomic mass is 19.1. The van der Waals surface area contributed by atoms with Crippen LogP contribution in [0.1, 0.15) is 13.8 Å². The van der Waals surface area contributed by atoms with Gasteiger partial charge in [0.15, 0.2) is 0 Å². The summed E-state index contributed by atoms with van der Waals surface area (Å²) in [4.78, 5) is 23.7. The number of ether oxygens (including phenoxy) is 1. The number of amides is 1. The molecule has 1 aromatic heterocycles. The van der Waals surface area contributed by atoms with E-state index < -0.39 is 11.4 Å². The van der Waals surface area contributed by atoms with Gasteiger partial charge in [0.25, 0.3) is 5.56 Å². The van der Waals surface area contributed by atoms with Crippen molar-refractivity contribution in [3.8, 4) is 17.0 Å². The van der Waals surface area contributed by atoms with Gasteiger partial charge >= 0.3 is 0 Å². The highest BCUT2D eigenvalue weighted by Gasteiger charge is 2.12. The molecule has 0 bridgehead atoms. The first-order valence-corrected chi connectivity index (χ1v) is 7.12. The SMILES string of the molecule is COc1cc(F)ccc1-c1ccc(=O)n(CC(=O)NC(C)C)n1. The summed E-state index contributed by atoms with van der Waals surface area (Å²) in [6.45, 7) is 3.47. The van der Waals surface area contributed by atoms with Gasteiger partial charge in [-0.15, -0.1) is 0 Å². The highest BCUT2D eigenvalue weighted by molar-refractivity contribution is 5.76. The van der Waals surface area contributed by atoms with Crippen LogP contribution in [0.4, 0.5) is 4.39 Å². The number of nitrogens with zero attached hydrogens (tertiary/aromatic N) is 2. The van der Waals surface area contributed by atoms with Crippen LogP contribution in [-0.2, 0) is 11.3 Å². The molecular formula is C16H18FN3O3. The van der Waals surface area contributed by atoms with Crippen molar-refractivity contribution in [2.75, 3.05) is 7.11 Å². The Bertz CT molecular complexity index is 771. The van der Waals surface area contributed by atoms with Gasteiger partial charge in [-0.25, -0.2) is 9.07 Å². The first-order chi connectivity index (χ1) is 10.9. The van der Waals surface area contributed by atoms with Gasteiger partial charge in [-0.1, -0.05) is 0 Å². The molecule has 0 aliphatic heterocycles. The first kappa shape index (κ1) is 16.7. The summed E-state index contributed by atoms with van der Waals surface area (Å²) in [5.41, 5.74) is 0.555. The number of nitrogens with one attached hydrogen (secondary N) is 1.